The molecule has 0 saturated heterocycles. The molecule has 4 aromatic rings. The number of hydrogen-bond acceptors (Lipinski definition) is 1. The van der Waals surface area contributed by atoms with Gasteiger partial charge in [0.1, 0.15) is 34.0 Å². The highest BCUT2D eigenvalue weighted by Crippen LogP contribution is 2.26. The molecule has 0 aromatic heterocycles. The number of fused-ring (bicyclic) bond motifs is 1. The molecule has 0 unspecified atom stereocenters. The molecule has 0 bridgehead atoms. The number of benzene rings is 4. The fourth-order valence-corrected chi connectivity index (χ4v) is 4.69. The van der Waals surface area contributed by atoms with Crippen molar-refractivity contribution in [3.8, 4) is 5.75 Å². The van der Waals surface area contributed by atoms with Crippen molar-refractivity contribution in [2.45, 2.75) is 58.3 Å². The van der Waals surface area contributed by atoms with Crippen LogP contribution in [0.1, 0.15) is 54.9 Å². The molecule has 6 heteroatoms. The van der Waals surface area contributed by atoms with Crippen LogP contribution >= 0.6 is 11.6 Å². The van der Waals surface area contributed by atoms with Crippen LogP contribution in [0.15, 0.2) is 60.7 Å². The van der Waals surface area contributed by atoms with Gasteiger partial charge in [0.2, 0.25) is 0 Å². The van der Waals surface area contributed by atoms with Crippen LogP contribution in [0, 0.1) is 23.3 Å². The van der Waals surface area contributed by atoms with E-state index in [9.17, 15) is 13.2 Å². The first kappa shape index (κ1) is 28.0. The normalized spacial score (nSPS) is 11.3. The first-order chi connectivity index (χ1) is 18.4. The summed E-state index contributed by atoms with van der Waals surface area (Å²) in [6, 6.07) is 16.4. The molecule has 0 aliphatic heterocycles. The fourth-order valence-electron chi connectivity index (χ4n) is 4.58. The van der Waals surface area contributed by atoms with Crippen LogP contribution in [-0.4, -0.2) is 6.61 Å². The van der Waals surface area contributed by atoms with Gasteiger partial charge in [0.05, 0.1) is 6.61 Å². The number of halogens is 5. The molecule has 0 atom stereocenters. The molecule has 4 aromatic carbocycles. The number of aryl methyl sites for hydroxylation is 4. The quantitative estimate of drug-likeness (QED) is 0.0983. The van der Waals surface area contributed by atoms with Gasteiger partial charge in [0.15, 0.2) is 0 Å². The van der Waals surface area contributed by atoms with Gasteiger partial charge in [-0.05, 0) is 77.9 Å². The van der Waals surface area contributed by atoms with Gasteiger partial charge < -0.3 is 4.74 Å². The van der Waals surface area contributed by atoms with Crippen LogP contribution in [0.25, 0.3) is 10.8 Å². The third-order valence-corrected chi connectivity index (χ3v) is 7.16. The lowest BCUT2D eigenvalue weighted by molar-refractivity contribution is 0.303. The minimum Gasteiger partial charge on any atom is -0.493 e. The van der Waals surface area contributed by atoms with Gasteiger partial charge >= 0.3 is 0 Å². The molecule has 0 fully saturated rings. The van der Waals surface area contributed by atoms with Crippen LogP contribution in [0.5, 0.6) is 5.75 Å². The monoisotopic (exact) mass is 542 g/mol. The maximum absolute atomic E-state index is 15.2. The smallest absolute Gasteiger partial charge is 0.145 e. The van der Waals surface area contributed by atoms with Crippen LogP contribution in [0.2, 0.25) is 5.02 Å². The van der Waals surface area contributed by atoms with Crippen LogP contribution < -0.4 is 4.74 Å². The largest absolute Gasteiger partial charge is 0.493 e. The van der Waals surface area contributed by atoms with Gasteiger partial charge in [0.25, 0.3) is 0 Å². The molecule has 4 rings (SSSR count). The summed E-state index contributed by atoms with van der Waals surface area (Å²) in [5, 5.41) is 0.689. The Balaban J connectivity index is 1.37. The Morgan fingerprint density at radius 3 is 2.11 bits per heavy atom. The van der Waals surface area contributed by atoms with E-state index >= 15 is 4.39 Å². The third kappa shape index (κ3) is 7.08. The average molecular weight is 543 g/mol. The maximum atomic E-state index is 15.2. The van der Waals surface area contributed by atoms with Gasteiger partial charge in [0, 0.05) is 11.5 Å². The van der Waals surface area contributed by atoms with Gasteiger partial charge in [-0.15, -0.1) is 0 Å². The molecule has 0 saturated carbocycles. The molecule has 38 heavy (non-hydrogen) atoms. The topological polar surface area (TPSA) is 9.23 Å². The molecule has 1 nitrogen and oxygen atoms in total. The van der Waals surface area contributed by atoms with Crippen molar-refractivity contribution in [3.05, 3.63) is 111 Å². The summed E-state index contributed by atoms with van der Waals surface area (Å²) in [5.41, 5.74) is 2.47. The summed E-state index contributed by atoms with van der Waals surface area (Å²) in [6.07, 6.45) is 6.11. The zero-order valence-electron chi connectivity index (χ0n) is 21.4. The number of unbranched alkanes of at least 4 members (excludes halogenated alkanes) is 3. The highest BCUT2D eigenvalue weighted by Gasteiger charge is 2.12. The first-order valence-corrected chi connectivity index (χ1v) is 13.5. The summed E-state index contributed by atoms with van der Waals surface area (Å²) in [4.78, 5) is 0. The molecule has 0 aliphatic carbocycles. The minimum absolute atomic E-state index is 0.278. The standard InChI is InChI=1S/C32H31ClF4O/c1-2-3-4-5-16-38-26-14-13-23(28(34)20-26)9-6-21-8-15-27-25(17-21)12-11-24(32(27)37)10-7-22-18-29(35)31(33)30(36)19-22/h8,11-15,17-20H,2-7,9-10,16H2,1H3. The van der Waals surface area contributed by atoms with E-state index in [-0.39, 0.29) is 18.1 Å². The molecular formula is C32H31ClF4O. The molecule has 0 N–H and O–H groups in total. The van der Waals surface area contributed by atoms with Crippen molar-refractivity contribution >= 4 is 22.4 Å². The van der Waals surface area contributed by atoms with Crippen molar-refractivity contribution in [2.24, 2.45) is 0 Å². The molecule has 0 radical (unpaired) electrons. The van der Waals surface area contributed by atoms with Crippen molar-refractivity contribution in [2.75, 3.05) is 6.61 Å². The first-order valence-electron chi connectivity index (χ1n) is 13.1. The Hall–Kier alpha value is -3.05. The molecule has 200 valence electrons. The Bertz CT molecular complexity index is 1380. The van der Waals surface area contributed by atoms with Crippen molar-refractivity contribution < 1.29 is 22.3 Å². The van der Waals surface area contributed by atoms with Crippen LogP contribution in [0.4, 0.5) is 17.6 Å². The third-order valence-electron chi connectivity index (χ3n) is 6.80. The Kier molecular flexibility index (Phi) is 9.68. The number of rotatable bonds is 12. The summed E-state index contributed by atoms with van der Waals surface area (Å²) in [5.74, 6) is -1.73. The number of hydrogen-bond donors (Lipinski definition) is 0. The van der Waals surface area contributed by atoms with Gasteiger partial charge in [-0.1, -0.05) is 74.2 Å². The number of ether oxygens (including phenoxy) is 1. The van der Waals surface area contributed by atoms with E-state index in [0.717, 1.165) is 30.2 Å². The molecule has 0 heterocycles. The Morgan fingerprint density at radius 2 is 1.37 bits per heavy atom. The zero-order chi connectivity index (χ0) is 27.1. The SMILES string of the molecule is CCCCCCOc1ccc(CCc2ccc3c(F)c(CCc4cc(F)c(Cl)c(F)c4)ccc3c2)c(F)c1. The van der Waals surface area contributed by atoms with E-state index in [4.69, 9.17) is 16.3 Å². The second kappa shape index (κ2) is 13.1. The average Bonchev–Trinajstić information content (AvgIpc) is 2.90. The lowest BCUT2D eigenvalue weighted by atomic mass is 9.97. The summed E-state index contributed by atoms with van der Waals surface area (Å²) >= 11 is 5.54. The van der Waals surface area contributed by atoms with E-state index in [0.29, 0.717) is 53.7 Å². The Labute approximate surface area is 226 Å². The van der Waals surface area contributed by atoms with Crippen molar-refractivity contribution in [1.82, 2.24) is 0 Å². The van der Waals surface area contributed by atoms with Crippen LogP contribution in [-0.2, 0) is 25.7 Å². The van der Waals surface area contributed by atoms with E-state index in [2.05, 4.69) is 6.92 Å². The molecular weight excluding hydrogens is 512 g/mol. The predicted molar refractivity (Wildman–Crippen MR) is 146 cm³/mol. The second-order valence-electron chi connectivity index (χ2n) is 9.63. The lowest BCUT2D eigenvalue weighted by Gasteiger charge is -2.10. The van der Waals surface area contributed by atoms with E-state index in [1.165, 1.54) is 24.6 Å². The summed E-state index contributed by atoms with van der Waals surface area (Å²) < 4.78 is 62.9. The van der Waals surface area contributed by atoms with E-state index in [1.54, 1.807) is 18.2 Å². The van der Waals surface area contributed by atoms with Gasteiger partial charge in [-0.25, -0.2) is 17.6 Å². The highest BCUT2D eigenvalue weighted by molar-refractivity contribution is 6.30. The second-order valence-corrected chi connectivity index (χ2v) is 10.0. The van der Waals surface area contributed by atoms with Crippen molar-refractivity contribution in [1.29, 1.82) is 0 Å². The lowest BCUT2D eigenvalue weighted by Crippen LogP contribution is -2.00. The molecule has 0 spiro atoms. The zero-order valence-corrected chi connectivity index (χ0v) is 22.2. The van der Waals surface area contributed by atoms with Crippen molar-refractivity contribution in [3.63, 3.8) is 0 Å². The predicted octanol–water partition coefficient (Wildman–Crippen LogP) is 9.58. The van der Waals surface area contributed by atoms with Gasteiger partial charge in [-0.2, -0.15) is 0 Å². The maximum Gasteiger partial charge on any atom is 0.145 e. The summed E-state index contributed by atoms with van der Waals surface area (Å²) in [6.45, 7) is 2.74. The van der Waals surface area contributed by atoms with Gasteiger partial charge in [-0.3, -0.25) is 0 Å². The van der Waals surface area contributed by atoms with E-state index in [1.807, 2.05) is 24.3 Å². The van der Waals surface area contributed by atoms with E-state index < -0.39 is 16.7 Å². The molecule has 0 amide bonds. The minimum atomic E-state index is -0.824. The fraction of sp³-hybridized carbons (Fsp3) is 0.312. The highest BCUT2D eigenvalue weighted by atomic mass is 35.5. The Morgan fingerprint density at radius 1 is 0.658 bits per heavy atom. The summed E-state index contributed by atoms with van der Waals surface area (Å²) in [7, 11) is 0. The van der Waals surface area contributed by atoms with Crippen LogP contribution in [0.3, 0.4) is 0 Å². The molecule has 0 aliphatic rings.